The normalized spacial score (nSPS) is 16.4. The second-order valence-electron chi connectivity index (χ2n) is 10.6. The minimum absolute atomic E-state index is 0.0103. The summed E-state index contributed by atoms with van der Waals surface area (Å²) in [6, 6.07) is 12.7. The summed E-state index contributed by atoms with van der Waals surface area (Å²) in [4.78, 5) is 28.5. The van der Waals surface area contributed by atoms with E-state index in [2.05, 4.69) is 15.3 Å². The topological polar surface area (TPSA) is 106 Å². The van der Waals surface area contributed by atoms with Gasteiger partial charge in [-0.2, -0.15) is 5.10 Å². The molecule has 0 saturated carbocycles. The van der Waals surface area contributed by atoms with Crippen molar-refractivity contribution in [1.29, 1.82) is 0 Å². The summed E-state index contributed by atoms with van der Waals surface area (Å²) in [6.45, 7) is 2.76. The van der Waals surface area contributed by atoms with Gasteiger partial charge < -0.3 is 24.8 Å². The number of nitrogens with zero attached hydrogens (tertiary/aromatic N) is 3. The highest BCUT2D eigenvalue weighted by Gasteiger charge is 2.31. The van der Waals surface area contributed by atoms with Gasteiger partial charge in [0, 0.05) is 23.7 Å². The maximum atomic E-state index is 14.8. The Bertz CT molecular complexity index is 1620. The maximum absolute atomic E-state index is 14.8. The van der Waals surface area contributed by atoms with E-state index in [-0.39, 0.29) is 48.2 Å². The van der Waals surface area contributed by atoms with Gasteiger partial charge >= 0.3 is 0 Å². The molecular weight excluding hydrogens is 546 g/mol. The molecule has 1 fully saturated rings. The molecule has 2 atom stereocenters. The van der Waals surface area contributed by atoms with Crippen LogP contribution in [-0.2, 0) is 11.3 Å². The van der Waals surface area contributed by atoms with Crippen molar-refractivity contribution in [2.24, 2.45) is 0 Å². The second kappa shape index (κ2) is 11.9. The van der Waals surface area contributed by atoms with Crippen LogP contribution in [-0.4, -0.2) is 70.4 Å². The van der Waals surface area contributed by atoms with E-state index in [4.69, 9.17) is 9.47 Å². The number of aliphatic hydroxyl groups excluding tert-OH is 1. The molecule has 0 aliphatic carbocycles. The van der Waals surface area contributed by atoms with Gasteiger partial charge in [-0.1, -0.05) is 12.1 Å². The van der Waals surface area contributed by atoms with Crippen LogP contribution in [0.4, 0.5) is 8.78 Å². The highest BCUT2D eigenvalue weighted by molar-refractivity contribution is 6.43. The molecule has 1 saturated heterocycles. The first-order valence-electron chi connectivity index (χ1n) is 13.9. The minimum Gasteiger partial charge on any atom is -0.486 e. The summed E-state index contributed by atoms with van der Waals surface area (Å²) in [5.41, 5.74) is 1.88. The summed E-state index contributed by atoms with van der Waals surface area (Å²) < 4.78 is 40.5. The first-order valence-corrected chi connectivity index (χ1v) is 13.9. The molecule has 0 radical (unpaired) electrons. The number of benzene rings is 3. The molecule has 1 amide bonds. The number of ether oxygens (including phenoxy) is 2. The first-order chi connectivity index (χ1) is 20.3. The molecule has 1 aromatic heterocycles. The van der Waals surface area contributed by atoms with Crippen molar-refractivity contribution in [1.82, 2.24) is 20.0 Å². The molecular formula is C31H30F2N4O5. The zero-order valence-corrected chi connectivity index (χ0v) is 22.8. The lowest BCUT2D eigenvalue weighted by molar-refractivity contribution is -0.118. The van der Waals surface area contributed by atoms with Gasteiger partial charge in [0.1, 0.15) is 25.1 Å². The van der Waals surface area contributed by atoms with Gasteiger partial charge in [0.15, 0.2) is 17.3 Å². The molecule has 11 heteroatoms. The lowest BCUT2D eigenvalue weighted by Crippen LogP contribution is -2.48. The van der Waals surface area contributed by atoms with E-state index in [0.29, 0.717) is 17.4 Å². The van der Waals surface area contributed by atoms with E-state index in [9.17, 15) is 23.5 Å². The smallest absolute Gasteiger partial charge is 0.292 e. The van der Waals surface area contributed by atoms with Crippen LogP contribution < -0.4 is 14.8 Å². The van der Waals surface area contributed by atoms with Crippen molar-refractivity contribution in [3.63, 3.8) is 0 Å². The van der Waals surface area contributed by atoms with E-state index in [1.165, 1.54) is 30.3 Å². The molecule has 0 spiro atoms. The van der Waals surface area contributed by atoms with Crippen LogP contribution in [0.1, 0.15) is 40.4 Å². The number of Topliss-reactive ketones (excluding diaryl/α,β-unsaturated/α-hetero) is 1. The predicted octanol–water partition coefficient (Wildman–Crippen LogP) is 3.63. The number of nitrogens with one attached hydrogen (secondary N) is 1. The Balaban J connectivity index is 1.20. The Labute approximate surface area is 240 Å². The van der Waals surface area contributed by atoms with Gasteiger partial charge in [-0.05, 0) is 79.5 Å². The average molecular weight is 577 g/mol. The van der Waals surface area contributed by atoms with E-state index >= 15 is 0 Å². The number of hydrogen-bond acceptors (Lipinski definition) is 7. The zero-order chi connectivity index (χ0) is 29.2. The molecule has 3 aromatic carbocycles. The van der Waals surface area contributed by atoms with Gasteiger partial charge in [-0.3, -0.25) is 14.3 Å². The summed E-state index contributed by atoms with van der Waals surface area (Å²) in [6.07, 6.45) is 2.43. The molecule has 3 heterocycles. The van der Waals surface area contributed by atoms with E-state index in [1.807, 2.05) is 0 Å². The Morgan fingerprint density at radius 3 is 2.55 bits per heavy atom. The fourth-order valence-corrected chi connectivity index (χ4v) is 5.44. The number of halogens is 2. The van der Waals surface area contributed by atoms with Crippen LogP contribution in [0.2, 0.25) is 0 Å². The van der Waals surface area contributed by atoms with Crippen LogP contribution in [0.15, 0.2) is 60.8 Å². The Morgan fingerprint density at radius 1 is 1.00 bits per heavy atom. The fraction of sp³-hybridized carbons (Fsp3) is 0.323. The number of carbonyl (C=O) groups excluding carboxylic acids is 2. The van der Waals surface area contributed by atoms with Crippen molar-refractivity contribution < 1.29 is 33.0 Å². The summed E-state index contributed by atoms with van der Waals surface area (Å²) >= 11 is 0. The number of aliphatic hydroxyl groups is 1. The fourth-order valence-electron chi connectivity index (χ4n) is 5.44. The Kier molecular flexibility index (Phi) is 7.86. The molecule has 0 unspecified atom stereocenters. The number of hydrogen-bond donors (Lipinski definition) is 2. The maximum Gasteiger partial charge on any atom is 0.292 e. The number of fused-ring (bicyclic) bond motifs is 2. The molecule has 2 aliphatic heterocycles. The van der Waals surface area contributed by atoms with Crippen LogP contribution in [0.3, 0.4) is 0 Å². The SMILES string of the molecule is O=C(N[C@H](CN1CCCC1)[C@H](O)c1cc(F)c2c(c1)OCCO2)C(=O)c1ccc2nn(Cc3ccc(F)cc3)cc2c1. The third-order valence-electron chi connectivity index (χ3n) is 7.59. The largest absolute Gasteiger partial charge is 0.486 e. The van der Waals surface area contributed by atoms with Crippen LogP contribution in [0, 0.1) is 11.6 Å². The third kappa shape index (κ3) is 5.97. The van der Waals surface area contributed by atoms with Gasteiger partial charge in [0.05, 0.1) is 18.1 Å². The van der Waals surface area contributed by atoms with E-state index in [0.717, 1.165) is 31.5 Å². The van der Waals surface area contributed by atoms with Crippen LogP contribution in [0.5, 0.6) is 11.5 Å². The lowest BCUT2D eigenvalue weighted by Gasteiger charge is -2.29. The van der Waals surface area contributed by atoms with E-state index in [1.54, 1.807) is 35.1 Å². The number of likely N-dealkylation sites (tertiary alicyclic amines) is 1. The van der Waals surface area contributed by atoms with Crippen molar-refractivity contribution in [2.45, 2.75) is 31.5 Å². The Morgan fingerprint density at radius 2 is 1.76 bits per heavy atom. The highest BCUT2D eigenvalue weighted by atomic mass is 19.1. The predicted molar refractivity (Wildman–Crippen MR) is 150 cm³/mol. The van der Waals surface area contributed by atoms with Crippen molar-refractivity contribution in [3.8, 4) is 11.5 Å². The molecule has 42 heavy (non-hydrogen) atoms. The highest BCUT2D eigenvalue weighted by Crippen LogP contribution is 2.36. The summed E-state index contributed by atoms with van der Waals surface area (Å²) in [5.74, 6) is -2.46. The molecule has 9 nitrogen and oxygen atoms in total. The number of amides is 1. The number of rotatable bonds is 9. The lowest BCUT2D eigenvalue weighted by atomic mass is 9.99. The van der Waals surface area contributed by atoms with E-state index < -0.39 is 29.7 Å². The average Bonchev–Trinajstić information content (AvgIpc) is 3.66. The third-order valence-corrected chi connectivity index (χ3v) is 7.59. The quantitative estimate of drug-likeness (QED) is 0.232. The van der Waals surface area contributed by atoms with Crippen LogP contribution in [0.25, 0.3) is 10.9 Å². The zero-order valence-electron chi connectivity index (χ0n) is 22.8. The number of aromatic nitrogens is 2. The first kappa shape index (κ1) is 27.8. The molecule has 2 aliphatic rings. The molecule has 4 aromatic rings. The van der Waals surface area contributed by atoms with Gasteiger partial charge in [0.25, 0.3) is 5.91 Å². The number of ketones is 1. The van der Waals surface area contributed by atoms with Gasteiger partial charge in [-0.15, -0.1) is 0 Å². The minimum atomic E-state index is -1.31. The van der Waals surface area contributed by atoms with Crippen molar-refractivity contribution in [3.05, 3.63) is 89.1 Å². The molecule has 0 bridgehead atoms. The van der Waals surface area contributed by atoms with Gasteiger partial charge in [-0.25, -0.2) is 8.78 Å². The van der Waals surface area contributed by atoms with Crippen LogP contribution >= 0.6 is 0 Å². The van der Waals surface area contributed by atoms with Gasteiger partial charge in [0.2, 0.25) is 5.78 Å². The van der Waals surface area contributed by atoms with Crippen molar-refractivity contribution in [2.75, 3.05) is 32.8 Å². The summed E-state index contributed by atoms with van der Waals surface area (Å²) in [7, 11) is 0. The van der Waals surface area contributed by atoms with Crippen molar-refractivity contribution >= 4 is 22.6 Å². The molecule has 218 valence electrons. The Hall–Kier alpha value is -4.35. The molecule has 2 N–H and O–H groups in total. The standard InChI is InChI=1S/C31H30F2N4O5/c32-23-6-3-19(4-7-23)16-37-17-22-13-20(5-8-25(22)35-37)29(39)31(40)34-26(18-36-9-1-2-10-36)28(38)21-14-24(33)30-27(15-21)41-11-12-42-30/h3-8,13-15,17,26,28,38H,1-2,9-12,16,18H2,(H,34,40)/t26-,28-/m1/s1. The monoisotopic (exact) mass is 576 g/mol. The second-order valence-corrected chi connectivity index (χ2v) is 10.6. The number of carbonyl (C=O) groups is 2. The summed E-state index contributed by atoms with van der Waals surface area (Å²) in [5, 5.41) is 19.2. The molecule has 6 rings (SSSR count).